The molecule has 1 saturated heterocycles. The lowest BCUT2D eigenvalue weighted by atomic mass is 9.72. The van der Waals surface area contributed by atoms with E-state index in [-0.39, 0.29) is 0 Å². The summed E-state index contributed by atoms with van der Waals surface area (Å²) in [5.74, 6) is 2.01. The molecule has 2 nitrogen and oxygen atoms in total. The summed E-state index contributed by atoms with van der Waals surface area (Å²) in [7, 11) is 0. The van der Waals surface area contributed by atoms with Crippen molar-refractivity contribution in [3.8, 4) is 0 Å². The van der Waals surface area contributed by atoms with Gasteiger partial charge in [-0.15, -0.1) is 0 Å². The third kappa shape index (κ3) is 1.85. The minimum absolute atomic E-state index is 0.354. The van der Waals surface area contributed by atoms with Crippen LogP contribution in [-0.2, 0) is 4.79 Å². The Morgan fingerprint density at radius 1 is 1.29 bits per heavy atom. The van der Waals surface area contributed by atoms with E-state index < -0.39 is 0 Å². The summed E-state index contributed by atoms with van der Waals surface area (Å²) in [4.78, 5) is 12.1. The number of hydrogen-bond donors (Lipinski definition) is 1. The number of hydrogen-bond acceptors (Lipinski definition) is 2. The summed E-state index contributed by atoms with van der Waals surface area (Å²) in [5.41, 5.74) is 0. The fourth-order valence-corrected chi connectivity index (χ4v) is 2.86. The van der Waals surface area contributed by atoms with Gasteiger partial charge in [0.1, 0.15) is 5.78 Å². The maximum atomic E-state index is 12.1. The van der Waals surface area contributed by atoms with Gasteiger partial charge in [-0.05, 0) is 18.8 Å². The Labute approximate surface area is 86.5 Å². The molecule has 0 amide bonds. The predicted octanol–water partition coefficient (Wildman–Crippen LogP) is 1.99. The highest BCUT2D eigenvalue weighted by Gasteiger charge is 2.35. The van der Waals surface area contributed by atoms with E-state index in [0.29, 0.717) is 23.5 Å². The molecule has 2 fully saturated rings. The summed E-state index contributed by atoms with van der Waals surface area (Å²) in [6.07, 6.45) is 6.25. The van der Waals surface area contributed by atoms with Crippen LogP contribution < -0.4 is 5.32 Å². The zero-order valence-corrected chi connectivity index (χ0v) is 9.09. The van der Waals surface area contributed by atoms with Crippen LogP contribution in [0.25, 0.3) is 0 Å². The fraction of sp³-hybridized carbons (Fsp3) is 0.917. The lowest BCUT2D eigenvalue weighted by Gasteiger charge is -2.35. The third-order valence-corrected chi connectivity index (χ3v) is 3.98. The van der Waals surface area contributed by atoms with Crippen molar-refractivity contribution >= 4 is 5.78 Å². The SMILES string of the molecule is CCC1CCCCC1C(=O)C1CNC1. The molecule has 1 aliphatic heterocycles. The molecule has 0 spiro atoms. The number of carbonyl (C=O) groups is 1. The summed E-state index contributed by atoms with van der Waals surface area (Å²) in [6, 6.07) is 0. The van der Waals surface area contributed by atoms with Crippen LogP contribution in [0.3, 0.4) is 0 Å². The van der Waals surface area contributed by atoms with Crippen LogP contribution in [0.5, 0.6) is 0 Å². The molecule has 2 atom stereocenters. The highest BCUT2D eigenvalue weighted by atomic mass is 16.1. The zero-order valence-electron chi connectivity index (χ0n) is 9.09. The largest absolute Gasteiger partial charge is 0.315 e. The van der Waals surface area contributed by atoms with Crippen LogP contribution in [0.4, 0.5) is 0 Å². The number of ketones is 1. The topological polar surface area (TPSA) is 29.1 Å². The Bertz CT molecular complexity index is 210. The van der Waals surface area contributed by atoms with Crippen molar-refractivity contribution in [2.75, 3.05) is 13.1 Å². The standard InChI is InChI=1S/C12H21NO/c1-2-9-5-3-4-6-11(9)12(14)10-7-13-8-10/h9-11,13H,2-8H2,1H3. The number of carbonyl (C=O) groups excluding carboxylic acids is 1. The first-order valence-corrected chi connectivity index (χ1v) is 6.07. The van der Waals surface area contributed by atoms with Crippen molar-refractivity contribution in [3.63, 3.8) is 0 Å². The van der Waals surface area contributed by atoms with E-state index in [4.69, 9.17) is 0 Å². The third-order valence-electron chi connectivity index (χ3n) is 3.98. The minimum Gasteiger partial charge on any atom is -0.315 e. The summed E-state index contributed by atoms with van der Waals surface area (Å²) >= 11 is 0. The zero-order chi connectivity index (χ0) is 9.97. The van der Waals surface area contributed by atoms with Crippen molar-refractivity contribution in [1.29, 1.82) is 0 Å². The van der Waals surface area contributed by atoms with E-state index in [1.165, 1.54) is 25.7 Å². The quantitative estimate of drug-likeness (QED) is 0.746. The predicted molar refractivity (Wildman–Crippen MR) is 57.1 cm³/mol. The molecular formula is C12H21NO. The first-order chi connectivity index (χ1) is 6.83. The van der Waals surface area contributed by atoms with Gasteiger partial charge >= 0.3 is 0 Å². The molecule has 1 aliphatic carbocycles. The van der Waals surface area contributed by atoms with Crippen LogP contribution >= 0.6 is 0 Å². The van der Waals surface area contributed by atoms with E-state index >= 15 is 0 Å². The van der Waals surface area contributed by atoms with Gasteiger partial charge in [0, 0.05) is 24.9 Å². The molecular weight excluding hydrogens is 174 g/mol. The second kappa shape index (κ2) is 4.43. The van der Waals surface area contributed by atoms with E-state index in [0.717, 1.165) is 19.5 Å². The van der Waals surface area contributed by atoms with Gasteiger partial charge < -0.3 is 5.32 Å². The highest BCUT2D eigenvalue weighted by Crippen LogP contribution is 2.34. The number of Topliss-reactive ketones (excluding diaryl/α,β-unsaturated/α-hetero) is 1. The lowest BCUT2D eigenvalue weighted by Crippen LogP contribution is -2.49. The average molecular weight is 195 g/mol. The van der Waals surface area contributed by atoms with Gasteiger partial charge in [0.05, 0.1) is 0 Å². The summed E-state index contributed by atoms with van der Waals surface area (Å²) in [5, 5.41) is 3.19. The lowest BCUT2D eigenvalue weighted by molar-refractivity contribution is -0.131. The maximum absolute atomic E-state index is 12.1. The molecule has 2 aliphatic rings. The normalized spacial score (nSPS) is 33.8. The Morgan fingerprint density at radius 2 is 2.00 bits per heavy atom. The molecule has 1 saturated carbocycles. The van der Waals surface area contributed by atoms with E-state index in [2.05, 4.69) is 12.2 Å². The molecule has 2 rings (SSSR count). The van der Waals surface area contributed by atoms with Crippen LogP contribution in [0.1, 0.15) is 39.0 Å². The van der Waals surface area contributed by atoms with Gasteiger partial charge in [0.25, 0.3) is 0 Å². The van der Waals surface area contributed by atoms with Crippen molar-refractivity contribution in [2.24, 2.45) is 17.8 Å². The van der Waals surface area contributed by atoms with Gasteiger partial charge in [0.2, 0.25) is 0 Å². The van der Waals surface area contributed by atoms with Crippen molar-refractivity contribution in [2.45, 2.75) is 39.0 Å². The molecule has 0 bridgehead atoms. The van der Waals surface area contributed by atoms with E-state index in [9.17, 15) is 4.79 Å². The first kappa shape index (κ1) is 10.2. The van der Waals surface area contributed by atoms with Crippen LogP contribution in [0.2, 0.25) is 0 Å². The Kier molecular flexibility index (Phi) is 3.22. The number of rotatable bonds is 3. The molecule has 0 aromatic heterocycles. The fourth-order valence-electron chi connectivity index (χ4n) is 2.86. The Hall–Kier alpha value is -0.370. The summed E-state index contributed by atoms with van der Waals surface area (Å²) < 4.78 is 0. The van der Waals surface area contributed by atoms with Crippen molar-refractivity contribution in [1.82, 2.24) is 5.32 Å². The van der Waals surface area contributed by atoms with Gasteiger partial charge in [-0.2, -0.15) is 0 Å². The van der Waals surface area contributed by atoms with E-state index in [1.807, 2.05) is 0 Å². The second-order valence-electron chi connectivity index (χ2n) is 4.82. The molecule has 0 radical (unpaired) electrons. The van der Waals surface area contributed by atoms with Gasteiger partial charge in [-0.1, -0.05) is 26.2 Å². The van der Waals surface area contributed by atoms with E-state index in [1.54, 1.807) is 0 Å². The summed E-state index contributed by atoms with van der Waals surface area (Å²) in [6.45, 7) is 4.10. The van der Waals surface area contributed by atoms with Crippen molar-refractivity contribution < 1.29 is 4.79 Å². The molecule has 0 aromatic rings. The van der Waals surface area contributed by atoms with Crippen LogP contribution in [-0.4, -0.2) is 18.9 Å². The number of nitrogens with one attached hydrogen (secondary N) is 1. The molecule has 1 heterocycles. The Morgan fingerprint density at radius 3 is 2.57 bits per heavy atom. The molecule has 2 unspecified atom stereocenters. The first-order valence-electron chi connectivity index (χ1n) is 6.07. The van der Waals surface area contributed by atoms with Gasteiger partial charge in [-0.3, -0.25) is 4.79 Å². The molecule has 14 heavy (non-hydrogen) atoms. The van der Waals surface area contributed by atoms with Crippen LogP contribution in [0.15, 0.2) is 0 Å². The molecule has 0 aromatic carbocycles. The molecule has 1 N–H and O–H groups in total. The molecule has 2 heteroatoms. The van der Waals surface area contributed by atoms with Crippen molar-refractivity contribution in [3.05, 3.63) is 0 Å². The average Bonchev–Trinajstić information content (AvgIpc) is 2.15. The Balaban J connectivity index is 1.95. The van der Waals surface area contributed by atoms with Crippen LogP contribution in [0, 0.1) is 17.8 Å². The smallest absolute Gasteiger partial charge is 0.141 e. The monoisotopic (exact) mass is 195 g/mol. The molecule has 80 valence electrons. The minimum atomic E-state index is 0.354. The highest BCUT2D eigenvalue weighted by molar-refractivity contribution is 5.85. The van der Waals surface area contributed by atoms with Gasteiger partial charge in [-0.25, -0.2) is 0 Å². The maximum Gasteiger partial charge on any atom is 0.141 e. The van der Waals surface area contributed by atoms with Gasteiger partial charge in [0.15, 0.2) is 0 Å². The second-order valence-corrected chi connectivity index (χ2v) is 4.82.